The first-order chi connectivity index (χ1) is 12.4. The van der Waals surface area contributed by atoms with Crippen molar-refractivity contribution in [3.05, 3.63) is 64.7 Å². The fraction of sp³-hybridized carbons (Fsp3) is 0.300. The van der Waals surface area contributed by atoms with Gasteiger partial charge >= 0.3 is 5.97 Å². The number of carbonyl (C=O) groups excluding carboxylic acids is 2. The Bertz CT molecular complexity index is 815. The van der Waals surface area contributed by atoms with E-state index < -0.39 is 11.6 Å². The molecule has 0 atom stereocenters. The molecule has 0 aromatic heterocycles. The molecule has 1 aliphatic rings. The molecule has 0 unspecified atom stereocenters. The van der Waals surface area contributed by atoms with Crippen LogP contribution in [0.1, 0.15) is 33.6 Å². The number of hydrogen-bond donors (Lipinski definition) is 1. The lowest BCUT2D eigenvalue weighted by Crippen LogP contribution is -2.51. The molecule has 0 spiro atoms. The summed E-state index contributed by atoms with van der Waals surface area (Å²) in [7, 11) is 1.98. The number of hydrogen-bond acceptors (Lipinski definition) is 5. The maximum Gasteiger partial charge on any atom is 0.340 e. The monoisotopic (exact) mass is 372 g/mol. The lowest BCUT2D eigenvalue weighted by Gasteiger charge is -2.38. The van der Waals surface area contributed by atoms with Crippen molar-refractivity contribution in [2.24, 2.45) is 0 Å². The van der Waals surface area contributed by atoms with E-state index in [-0.39, 0.29) is 16.4 Å². The minimum absolute atomic E-state index is 0.175. The molecule has 3 rings (SSSR count). The zero-order valence-corrected chi connectivity index (χ0v) is 15.3. The fourth-order valence-corrected chi connectivity index (χ4v) is 3.40. The van der Waals surface area contributed by atoms with Gasteiger partial charge in [0.25, 0.3) is 0 Å². The van der Waals surface area contributed by atoms with Crippen LogP contribution in [0.25, 0.3) is 0 Å². The molecule has 2 aromatic rings. The van der Waals surface area contributed by atoms with Gasteiger partial charge in [-0.05, 0) is 25.2 Å². The molecule has 0 bridgehead atoms. The van der Waals surface area contributed by atoms with Gasteiger partial charge in [0, 0.05) is 37.2 Å². The van der Waals surface area contributed by atoms with Crippen molar-refractivity contribution in [1.29, 1.82) is 0 Å². The molecule has 1 aliphatic heterocycles. The number of nitrogens with two attached hydrogens (primary N) is 1. The van der Waals surface area contributed by atoms with Crippen molar-refractivity contribution in [2.75, 3.05) is 25.9 Å². The molecule has 1 fully saturated rings. The molecule has 2 aromatic carbocycles. The number of piperidine rings is 1. The number of esters is 1. The molecule has 5 nitrogen and oxygen atoms in total. The summed E-state index contributed by atoms with van der Waals surface area (Å²) in [6.07, 6.45) is 0.880. The summed E-state index contributed by atoms with van der Waals surface area (Å²) in [6.45, 7) is 1.34. The lowest BCUT2D eigenvalue weighted by atomic mass is 9.83. The second kappa shape index (κ2) is 7.48. The Labute approximate surface area is 157 Å². The number of nitrogens with zero attached hydrogens (tertiary/aromatic N) is 1. The van der Waals surface area contributed by atoms with E-state index in [1.165, 1.54) is 12.1 Å². The van der Waals surface area contributed by atoms with E-state index in [9.17, 15) is 9.59 Å². The third kappa shape index (κ3) is 3.74. The predicted octanol–water partition coefficient (Wildman–Crippen LogP) is 3.43. The van der Waals surface area contributed by atoms with Gasteiger partial charge in [0.1, 0.15) is 0 Å². The Morgan fingerprint density at radius 3 is 2.38 bits per heavy atom. The Hall–Kier alpha value is -2.37. The van der Waals surface area contributed by atoms with Crippen molar-refractivity contribution in [3.8, 4) is 0 Å². The highest BCUT2D eigenvalue weighted by atomic mass is 35.5. The van der Waals surface area contributed by atoms with Gasteiger partial charge in [-0.25, -0.2) is 4.79 Å². The van der Waals surface area contributed by atoms with Gasteiger partial charge in [-0.15, -0.1) is 0 Å². The van der Waals surface area contributed by atoms with Crippen LogP contribution in [-0.4, -0.2) is 42.4 Å². The predicted molar refractivity (Wildman–Crippen MR) is 102 cm³/mol. The van der Waals surface area contributed by atoms with Crippen LogP contribution in [0, 0.1) is 0 Å². The SMILES string of the molecule is CN1CCC(OC(=O)c2ccc(N)cc2Cl)(C(=O)c2ccccc2)CC1. The highest BCUT2D eigenvalue weighted by Crippen LogP contribution is 2.32. The lowest BCUT2D eigenvalue weighted by molar-refractivity contribution is -0.0327. The fourth-order valence-electron chi connectivity index (χ4n) is 3.14. The molecule has 2 N–H and O–H groups in total. The van der Waals surface area contributed by atoms with Crippen molar-refractivity contribution < 1.29 is 14.3 Å². The Kier molecular flexibility index (Phi) is 5.30. The summed E-state index contributed by atoms with van der Waals surface area (Å²) in [5.74, 6) is -0.782. The van der Waals surface area contributed by atoms with Crippen LogP contribution in [0.3, 0.4) is 0 Å². The quantitative estimate of drug-likeness (QED) is 0.505. The highest BCUT2D eigenvalue weighted by Gasteiger charge is 2.45. The molecule has 136 valence electrons. The number of nitrogen functional groups attached to an aromatic ring is 1. The number of anilines is 1. The standard InChI is InChI=1S/C20H21ClN2O3/c1-23-11-9-20(10-12-23,18(24)14-5-3-2-4-6-14)26-19(25)16-8-7-15(22)13-17(16)21/h2-8,13H,9-12,22H2,1H3. The number of halogens is 1. The van der Waals surface area contributed by atoms with Gasteiger partial charge in [0.15, 0.2) is 5.60 Å². The number of ketones is 1. The highest BCUT2D eigenvalue weighted by molar-refractivity contribution is 6.33. The molecule has 6 heteroatoms. The Balaban J connectivity index is 1.91. The molecule has 1 heterocycles. The maximum absolute atomic E-state index is 13.2. The molecule has 0 saturated carbocycles. The van der Waals surface area contributed by atoms with E-state index in [1.54, 1.807) is 30.3 Å². The van der Waals surface area contributed by atoms with Gasteiger partial charge in [-0.3, -0.25) is 4.79 Å². The van der Waals surface area contributed by atoms with Gasteiger partial charge in [-0.2, -0.15) is 0 Å². The smallest absolute Gasteiger partial charge is 0.340 e. The number of benzene rings is 2. The first-order valence-electron chi connectivity index (χ1n) is 8.48. The number of rotatable bonds is 4. The van der Waals surface area contributed by atoms with Crippen molar-refractivity contribution >= 4 is 29.0 Å². The third-order valence-electron chi connectivity index (χ3n) is 4.75. The molecule has 26 heavy (non-hydrogen) atoms. The van der Waals surface area contributed by atoms with Crippen LogP contribution < -0.4 is 5.73 Å². The number of Topliss-reactive ketones (excluding diaryl/α,β-unsaturated/α-hetero) is 1. The van der Waals surface area contributed by atoms with Crippen LogP contribution >= 0.6 is 11.6 Å². The van der Waals surface area contributed by atoms with Crippen LogP contribution in [0.4, 0.5) is 5.69 Å². The van der Waals surface area contributed by atoms with E-state index in [4.69, 9.17) is 22.1 Å². The second-order valence-corrected chi connectivity index (χ2v) is 7.03. The van der Waals surface area contributed by atoms with Crippen LogP contribution in [0.15, 0.2) is 48.5 Å². The van der Waals surface area contributed by atoms with E-state index >= 15 is 0 Å². The van der Waals surface area contributed by atoms with Crippen molar-refractivity contribution in [2.45, 2.75) is 18.4 Å². The topological polar surface area (TPSA) is 72.6 Å². The van der Waals surface area contributed by atoms with E-state index in [1.807, 2.05) is 13.1 Å². The molecule has 0 amide bonds. The van der Waals surface area contributed by atoms with Gasteiger partial charge < -0.3 is 15.4 Å². The number of carbonyl (C=O) groups is 2. The Morgan fingerprint density at radius 2 is 1.77 bits per heavy atom. The average molecular weight is 373 g/mol. The first kappa shape index (κ1) is 18.4. The normalized spacial score (nSPS) is 16.8. The van der Waals surface area contributed by atoms with E-state index in [0.717, 1.165) is 0 Å². The summed E-state index contributed by atoms with van der Waals surface area (Å²) in [5, 5.41) is 0.213. The minimum atomic E-state index is -1.18. The van der Waals surface area contributed by atoms with Crippen molar-refractivity contribution in [1.82, 2.24) is 4.90 Å². The van der Waals surface area contributed by atoms with Gasteiger partial charge in [-0.1, -0.05) is 41.9 Å². The third-order valence-corrected chi connectivity index (χ3v) is 5.06. The largest absolute Gasteiger partial charge is 0.447 e. The zero-order chi connectivity index (χ0) is 18.7. The summed E-state index contributed by atoms with van der Waals surface area (Å²) in [6, 6.07) is 13.5. The molecule has 0 radical (unpaired) electrons. The summed E-state index contributed by atoms with van der Waals surface area (Å²) in [5.41, 5.74) is 5.70. The van der Waals surface area contributed by atoms with Crippen molar-refractivity contribution in [3.63, 3.8) is 0 Å². The summed E-state index contributed by atoms with van der Waals surface area (Å²) >= 11 is 6.13. The van der Waals surface area contributed by atoms with E-state index in [0.29, 0.717) is 37.2 Å². The molecule has 1 saturated heterocycles. The first-order valence-corrected chi connectivity index (χ1v) is 8.86. The average Bonchev–Trinajstić information content (AvgIpc) is 2.64. The summed E-state index contributed by atoms with van der Waals surface area (Å²) < 4.78 is 5.81. The van der Waals surface area contributed by atoms with Crippen LogP contribution in [0.5, 0.6) is 0 Å². The minimum Gasteiger partial charge on any atom is -0.447 e. The molecule has 0 aliphatic carbocycles. The summed E-state index contributed by atoms with van der Waals surface area (Å²) in [4.78, 5) is 28.1. The van der Waals surface area contributed by atoms with E-state index in [2.05, 4.69) is 4.90 Å². The van der Waals surface area contributed by atoms with Crippen LogP contribution in [0.2, 0.25) is 5.02 Å². The number of likely N-dealkylation sites (tertiary alicyclic amines) is 1. The van der Waals surface area contributed by atoms with Gasteiger partial charge in [0.2, 0.25) is 5.78 Å². The van der Waals surface area contributed by atoms with Crippen LogP contribution in [-0.2, 0) is 4.74 Å². The molecular weight excluding hydrogens is 352 g/mol. The number of ether oxygens (including phenoxy) is 1. The zero-order valence-electron chi connectivity index (χ0n) is 14.6. The Morgan fingerprint density at radius 1 is 1.12 bits per heavy atom. The van der Waals surface area contributed by atoms with Gasteiger partial charge in [0.05, 0.1) is 10.6 Å². The second-order valence-electron chi connectivity index (χ2n) is 6.62. The maximum atomic E-state index is 13.2. The molecular formula is C20H21ClN2O3.